The van der Waals surface area contributed by atoms with Gasteiger partial charge in [0.1, 0.15) is 0 Å². The van der Waals surface area contributed by atoms with Crippen LogP contribution >= 0.6 is 34.8 Å². The molecule has 1 aliphatic heterocycles. The van der Waals surface area contributed by atoms with E-state index in [4.69, 9.17) is 34.8 Å². The number of hydrogen-bond donors (Lipinski definition) is 0. The summed E-state index contributed by atoms with van der Waals surface area (Å²) in [6.45, 7) is 4.10. The number of rotatable bonds is 2. The maximum atomic E-state index is 13.3. The van der Waals surface area contributed by atoms with Crippen LogP contribution in [0.1, 0.15) is 44.6 Å². The molecule has 1 atom stereocenters. The van der Waals surface area contributed by atoms with Crippen molar-refractivity contribution in [3.63, 3.8) is 0 Å². The van der Waals surface area contributed by atoms with E-state index >= 15 is 0 Å². The van der Waals surface area contributed by atoms with E-state index in [2.05, 4.69) is 0 Å². The van der Waals surface area contributed by atoms with Gasteiger partial charge in [-0.15, -0.1) is 0 Å². The normalized spacial score (nSPS) is 21.4. The van der Waals surface area contributed by atoms with Gasteiger partial charge in [0.25, 0.3) is 0 Å². The average Bonchev–Trinajstić information content (AvgIpc) is 2.63. The summed E-state index contributed by atoms with van der Waals surface area (Å²) >= 11 is 18.7. The highest BCUT2D eigenvalue weighted by Gasteiger charge is 2.44. The van der Waals surface area contributed by atoms with Crippen LogP contribution in [0, 0.1) is 5.41 Å². The van der Waals surface area contributed by atoms with Crippen LogP contribution < -0.4 is 4.90 Å². The third-order valence-corrected chi connectivity index (χ3v) is 6.64. The van der Waals surface area contributed by atoms with E-state index in [1.54, 1.807) is 23.1 Å². The second-order valence-electron chi connectivity index (χ2n) is 8.41. The fourth-order valence-electron chi connectivity index (χ4n) is 4.34. The van der Waals surface area contributed by atoms with Gasteiger partial charge < -0.3 is 0 Å². The van der Waals surface area contributed by atoms with Gasteiger partial charge in [-0.1, -0.05) is 66.8 Å². The molecule has 0 radical (unpaired) electrons. The number of carbonyl (C=O) groups excluding carboxylic acids is 2. The van der Waals surface area contributed by atoms with Gasteiger partial charge in [-0.05, 0) is 41.7 Å². The van der Waals surface area contributed by atoms with E-state index in [0.29, 0.717) is 39.2 Å². The summed E-state index contributed by atoms with van der Waals surface area (Å²) in [6, 6.07) is 12.5. The molecule has 0 saturated heterocycles. The number of amides is 1. The molecule has 4 rings (SSSR count). The lowest BCUT2D eigenvalue weighted by molar-refractivity contribution is -0.121. The van der Waals surface area contributed by atoms with Crippen molar-refractivity contribution in [1.29, 1.82) is 0 Å². The number of allylic oxidation sites excluding steroid dienone is 2. The molecule has 2 aromatic carbocycles. The second-order valence-corrected chi connectivity index (χ2v) is 9.63. The van der Waals surface area contributed by atoms with Crippen LogP contribution in [0.25, 0.3) is 0 Å². The molecule has 1 unspecified atom stereocenters. The Balaban J connectivity index is 1.92. The van der Waals surface area contributed by atoms with Crippen LogP contribution in [0.3, 0.4) is 0 Å². The Morgan fingerprint density at radius 1 is 0.931 bits per heavy atom. The third-order valence-electron chi connectivity index (χ3n) is 5.58. The van der Waals surface area contributed by atoms with Crippen molar-refractivity contribution < 1.29 is 9.59 Å². The summed E-state index contributed by atoms with van der Waals surface area (Å²) in [5.74, 6) is -0.357. The molecule has 2 aliphatic rings. The quantitative estimate of drug-likeness (QED) is 0.506. The van der Waals surface area contributed by atoms with Crippen LogP contribution in [0.4, 0.5) is 5.69 Å². The Morgan fingerprint density at radius 3 is 2.34 bits per heavy atom. The molecule has 0 bridgehead atoms. The average molecular weight is 449 g/mol. The van der Waals surface area contributed by atoms with Crippen molar-refractivity contribution in [1.82, 2.24) is 0 Å². The minimum absolute atomic E-state index is 0.0666. The lowest BCUT2D eigenvalue weighted by Crippen LogP contribution is -2.43. The van der Waals surface area contributed by atoms with Gasteiger partial charge in [0.15, 0.2) is 5.78 Å². The van der Waals surface area contributed by atoms with E-state index in [9.17, 15) is 9.59 Å². The van der Waals surface area contributed by atoms with Crippen molar-refractivity contribution in [2.24, 2.45) is 5.41 Å². The lowest BCUT2D eigenvalue weighted by atomic mass is 9.69. The number of hydrogen-bond acceptors (Lipinski definition) is 2. The van der Waals surface area contributed by atoms with Crippen LogP contribution in [0.5, 0.6) is 0 Å². The number of ketones is 1. The van der Waals surface area contributed by atoms with E-state index in [-0.39, 0.29) is 29.4 Å². The van der Waals surface area contributed by atoms with E-state index < -0.39 is 0 Å². The molecule has 0 saturated carbocycles. The lowest BCUT2D eigenvalue weighted by Gasteiger charge is -2.43. The first-order chi connectivity index (χ1) is 13.7. The van der Waals surface area contributed by atoms with Gasteiger partial charge in [-0.25, -0.2) is 0 Å². The van der Waals surface area contributed by atoms with Crippen molar-refractivity contribution in [3.8, 4) is 0 Å². The molecule has 1 amide bonds. The molecular formula is C23H20Cl3NO2. The third kappa shape index (κ3) is 3.72. The second kappa shape index (κ2) is 7.46. The summed E-state index contributed by atoms with van der Waals surface area (Å²) in [7, 11) is 0. The van der Waals surface area contributed by atoms with Gasteiger partial charge in [0.2, 0.25) is 5.91 Å². The fraction of sp³-hybridized carbons (Fsp3) is 0.304. The van der Waals surface area contributed by atoms with Gasteiger partial charge in [-0.2, -0.15) is 0 Å². The Morgan fingerprint density at radius 2 is 1.66 bits per heavy atom. The van der Waals surface area contributed by atoms with Gasteiger partial charge in [0, 0.05) is 30.0 Å². The molecule has 1 heterocycles. The molecule has 0 spiro atoms. The Bertz CT molecular complexity index is 1060. The largest absolute Gasteiger partial charge is 0.294 e. The zero-order valence-electron chi connectivity index (χ0n) is 16.1. The van der Waals surface area contributed by atoms with Crippen molar-refractivity contribution in [3.05, 3.63) is 74.4 Å². The molecule has 0 fully saturated rings. The highest BCUT2D eigenvalue weighted by Crippen LogP contribution is 2.49. The number of Topliss-reactive ketones (excluding diaryl/α,β-unsaturated/α-hetero) is 1. The highest BCUT2D eigenvalue weighted by molar-refractivity contribution is 6.42. The summed E-state index contributed by atoms with van der Waals surface area (Å²) in [5.41, 5.74) is 2.63. The zero-order chi connectivity index (χ0) is 20.9. The molecule has 1 aliphatic carbocycles. The van der Waals surface area contributed by atoms with E-state index in [0.717, 1.165) is 11.3 Å². The monoisotopic (exact) mass is 447 g/mol. The molecule has 0 aromatic heterocycles. The maximum Gasteiger partial charge on any atom is 0.232 e. The minimum atomic E-state index is -0.338. The number of para-hydroxylation sites is 1. The number of nitrogens with zero attached hydrogens (tertiary/aromatic N) is 1. The van der Waals surface area contributed by atoms with Crippen molar-refractivity contribution in [2.45, 2.75) is 39.0 Å². The smallest absolute Gasteiger partial charge is 0.232 e. The van der Waals surface area contributed by atoms with Gasteiger partial charge in [-0.3, -0.25) is 14.5 Å². The first kappa shape index (κ1) is 20.5. The predicted molar refractivity (Wildman–Crippen MR) is 118 cm³/mol. The molecule has 3 nitrogen and oxygen atoms in total. The highest BCUT2D eigenvalue weighted by atomic mass is 35.5. The first-order valence-electron chi connectivity index (χ1n) is 9.46. The van der Waals surface area contributed by atoms with Gasteiger partial charge in [0.05, 0.1) is 20.8 Å². The zero-order valence-corrected chi connectivity index (χ0v) is 18.4. The first-order valence-corrected chi connectivity index (χ1v) is 10.6. The minimum Gasteiger partial charge on any atom is -0.294 e. The van der Waals surface area contributed by atoms with E-state index in [1.165, 1.54) is 0 Å². The van der Waals surface area contributed by atoms with Crippen LogP contribution in [0.15, 0.2) is 53.7 Å². The SMILES string of the molecule is CC1(C)CC(=O)C2=C(C1)N(c1ccccc1Cl)C(=O)CC2c1ccc(Cl)c(Cl)c1. The molecule has 6 heteroatoms. The fourth-order valence-corrected chi connectivity index (χ4v) is 4.87. The van der Waals surface area contributed by atoms with Crippen LogP contribution in [-0.4, -0.2) is 11.7 Å². The predicted octanol–water partition coefficient (Wildman–Crippen LogP) is 6.81. The topological polar surface area (TPSA) is 37.4 Å². The number of halogens is 3. The summed E-state index contributed by atoms with van der Waals surface area (Å²) in [6.07, 6.45) is 1.23. The van der Waals surface area contributed by atoms with E-state index in [1.807, 2.05) is 38.1 Å². The maximum absolute atomic E-state index is 13.3. The number of carbonyl (C=O) groups is 2. The van der Waals surface area contributed by atoms with Crippen molar-refractivity contribution >= 4 is 52.2 Å². The van der Waals surface area contributed by atoms with Crippen LogP contribution in [-0.2, 0) is 9.59 Å². The Hall–Kier alpha value is -1.81. The Labute approximate surface area is 185 Å². The van der Waals surface area contributed by atoms with Gasteiger partial charge >= 0.3 is 0 Å². The Kier molecular flexibility index (Phi) is 5.27. The molecule has 2 aromatic rings. The summed E-state index contributed by atoms with van der Waals surface area (Å²) in [5, 5.41) is 1.34. The summed E-state index contributed by atoms with van der Waals surface area (Å²) < 4.78 is 0. The molecular weight excluding hydrogens is 429 g/mol. The molecule has 0 N–H and O–H groups in total. The van der Waals surface area contributed by atoms with Crippen molar-refractivity contribution in [2.75, 3.05) is 4.90 Å². The summed E-state index contributed by atoms with van der Waals surface area (Å²) in [4.78, 5) is 28.2. The molecule has 150 valence electrons. The standard InChI is InChI=1S/C23H20Cl3NO2/c1-23(2)11-19-22(20(28)12-23)14(13-7-8-15(24)17(26)9-13)10-21(29)27(19)18-6-4-3-5-16(18)25/h3-9,14H,10-12H2,1-2H3. The molecule has 29 heavy (non-hydrogen) atoms. The van der Waals surface area contributed by atoms with Crippen LogP contribution in [0.2, 0.25) is 15.1 Å². The number of benzene rings is 2. The number of anilines is 1.